The Bertz CT molecular complexity index is 854. The van der Waals surface area contributed by atoms with Crippen molar-refractivity contribution >= 4 is 27.7 Å². The molecule has 3 rings (SSSR count). The van der Waals surface area contributed by atoms with Crippen LogP contribution in [-0.2, 0) is 0 Å². The van der Waals surface area contributed by atoms with Gasteiger partial charge in [0.25, 0.3) is 5.91 Å². The normalized spacial score (nSPS) is 12.1. The fraction of sp³-hybridized carbons (Fsp3) is 0.235. The van der Waals surface area contributed by atoms with Gasteiger partial charge >= 0.3 is 0 Å². The molecule has 2 heterocycles. The highest BCUT2D eigenvalue weighted by Gasteiger charge is 2.14. The SMILES string of the molecule is CC[C@@H](C)n1nccc1NC(=O)c1cnn(-c2cccc(Br)c2)c1. The lowest BCUT2D eigenvalue weighted by atomic mass is 10.2. The number of hydrogen-bond donors (Lipinski definition) is 1. The standard InChI is InChI=1S/C17H18BrN5O/c1-3-12(2)23-16(7-8-19-23)21-17(24)13-10-20-22(11-13)15-6-4-5-14(18)9-15/h4-12H,3H2,1-2H3,(H,21,24)/t12-/m1/s1. The van der Waals surface area contributed by atoms with E-state index in [0.29, 0.717) is 11.4 Å². The fourth-order valence-corrected chi connectivity index (χ4v) is 2.71. The number of benzene rings is 1. The van der Waals surface area contributed by atoms with Gasteiger partial charge in [-0.25, -0.2) is 9.36 Å². The molecule has 0 aliphatic heterocycles. The van der Waals surface area contributed by atoms with Crippen LogP contribution in [0.15, 0.2) is 53.4 Å². The summed E-state index contributed by atoms with van der Waals surface area (Å²) in [5, 5.41) is 11.4. The van der Waals surface area contributed by atoms with Gasteiger partial charge in [0.1, 0.15) is 5.82 Å². The van der Waals surface area contributed by atoms with Crippen LogP contribution in [-0.4, -0.2) is 25.5 Å². The summed E-state index contributed by atoms with van der Waals surface area (Å²) in [6, 6.07) is 9.74. The minimum atomic E-state index is -0.207. The predicted octanol–water partition coefficient (Wildman–Crippen LogP) is 4.05. The lowest BCUT2D eigenvalue weighted by Gasteiger charge is -2.13. The molecule has 0 fully saturated rings. The minimum Gasteiger partial charge on any atom is -0.307 e. The van der Waals surface area contributed by atoms with Crippen LogP contribution in [0.25, 0.3) is 5.69 Å². The number of aromatic nitrogens is 4. The van der Waals surface area contributed by atoms with E-state index in [1.165, 1.54) is 0 Å². The zero-order valence-corrected chi connectivity index (χ0v) is 15.1. The number of halogens is 1. The zero-order valence-electron chi connectivity index (χ0n) is 13.5. The van der Waals surface area contributed by atoms with Gasteiger partial charge in [0.05, 0.1) is 29.7 Å². The summed E-state index contributed by atoms with van der Waals surface area (Å²) < 4.78 is 4.45. The number of hydrogen-bond acceptors (Lipinski definition) is 3. The Hall–Kier alpha value is -2.41. The number of nitrogens with zero attached hydrogens (tertiary/aromatic N) is 4. The van der Waals surface area contributed by atoms with Crippen LogP contribution in [0.4, 0.5) is 5.82 Å². The number of carbonyl (C=O) groups excluding carboxylic acids is 1. The Balaban J connectivity index is 1.78. The van der Waals surface area contributed by atoms with Crippen LogP contribution < -0.4 is 5.32 Å². The summed E-state index contributed by atoms with van der Waals surface area (Å²) in [5.41, 5.74) is 1.37. The third kappa shape index (κ3) is 3.41. The van der Waals surface area contributed by atoms with Gasteiger partial charge < -0.3 is 5.32 Å². The first-order chi connectivity index (χ1) is 11.6. The smallest absolute Gasteiger partial charge is 0.260 e. The molecule has 2 aromatic heterocycles. The highest BCUT2D eigenvalue weighted by atomic mass is 79.9. The second-order valence-corrected chi connectivity index (χ2v) is 6.44. The van der Waals surface area contributed by atoms with Crippen LogP contribution in [0.5, 0.6) is 0 Å². The molecular weight excluding hydrogens is 370 g/mol. The van der Waals surface area contributed by atoms with Crippen LogP contribution in [0.3, 0.4) is 0 Å². The summed E-state index contributed by atoms with van der Waals surface area (Å²) >= 11 is 3.43. The first kappa shape index (κ1) is 16.4. The third-order valence-electron chi connectivity index (χ3n) is 3.84. The highest BCUT2D eigenvalue weighted by molar-refractivity contribution is 9.10. The first-order valence-electron chi connectivity index (χ1n) is 7.74. The second-order valence-electron chi connectivity index (χ2n) is 5.53. The zero-order chi connectivity index (χ0) is 17.1. The molecule has 0 spiro atoms. The lowest BCUT2D eigenvalue weighted by molar-refractivity contribution is 0.102. The van der Waals surface area contributed by atoms with Gasteiger partial charge in [-0.05, 0) is 31.5 Å². The average Bonchev–Trinajstić information content (AvgIpc) is 3.23. The van der Waals surface area contributed by atoms with Gasteiger partial charge in [0, 0.05) is 16.7 Å². The number of nitrogens with one attached hydrogen (secondary N) is 1. The molecule has 1 aromatic carbocycles. The maximum Gasteiger partial charge on any atom is 0.260 e. The molecule has 0 unspecified atom stereocenters. The van der Waals surface area contributed by atoms with Crippen molar-refractivity contribution in [3.63, 3.8) is 0 Å². The van der Waals surface area contributed by atoms with E-state index in [-0.39, 0.29) is 11.9 Å². The molecule has 7 heteroatoms. The number of amides is 1. The van der Waals surface area contributed by atoms with Gasteiger partial charge in [0.2, 0.25) is 0 Å². The average molecular weight is 388 g/mol. The van der Waals surface area contributed by atoms with Crippen molar-refractivity contribution in [3.05, 3.63) is 59.0 Å². The van der Waals surface area contributed by atoms with Crippen LogP contribution in [0.1, 0.15) is 36.7 Å². The minimum absolute atomic E-state index is 0.207. The maximum absolute atomic E-state index is 12.5. The summed E-state index contributed by atoms with van der Waals surface area (Å²) in [5.74, 6) is 0.478. The van der Waals surface area contributed by atoms with E-state index >= 15 is 0 Å². The fourth-order valence-electron chi connectivity index (χ4n) is 2.33. The summed E-state index contributed by atoms with van der Waals surface area (Å²) in [6.07, 6.45) is 5.89. The molecule has 3 aromatic rings. The Morgan fingerprint density at radius 3 is 2.92 bits per heavy atom. The van der Waals surface area contributed by atoms with Gasteiger partial charge in [-0.15, -0.1) is 0 Å². The quantitative estimate of drug-likeness (QED) is 0.717. The van der Waals surface area contributed by atoms with Crippen LogP contribution in [0, 0.1) is 0 Å². The van der Waals surface area contributed by atoms with E-state index in [2.05, 4.69) is 45.3 Å². The van der Waals surface area contributed by atoms with E-state index in [1.807, 2.05) is 28.9 Å². The van der Waals surface area contributed by atoms with Crippen molar-refractivity contribution in [2.75, 3.05) is 5.32 Å². The number of carbonyl (C=O) groups is 1. The van der Waals surface area contributed by atoms with Gasteiger partial charge in [0.15, 0.2) is 0 Å². The molecule has 0 saturated carbocycles. The Labute approximate surface area is 148 Å². The monoisotopic (exact) mass is 387 g/mol. The molecule has 0 bridgehead atoms. The molecule has 1 N–H and O–H groups in total. The predicted molar refractivity (Wildman–Crippen MR) is 96.4 cm³/mol. The molecular formula is C17H18BrN5O. The number of rotatable bonds is 5. The molecule has 1 amide bonds. The summed E-state index contributed by atoms with van der Waals surface area (Å²) in [6.45, 7) is 4.15. The second kappa shape index (κ2) is 7.00. The Morgan fingerprint density at radius 2 is 2.17 bits per heavy atom. The topological polar surface area (TPSA) is 64.7 Å². The van der Waals surface area contributed by atoms with E-state index in [4.69, 9.17) is 0 Å². The molecule has 124 valence electrons. The van der Waals surface area contributed by atoms with Crippen molar-refractivity contribution < 1.29 is 4.79 Å². The highest BCUT2D eigenvalue weighted by Crippen LogP contribution is 2.18. The van der Waals surface area contributed by atoms with Gasteiger partial charge in [-0.3, -0.25) is 4.79 Å². The first-order valence-corrected chi connectivity index (χ1v) is 8.53. The van der Waals surface area contributed by atoms with Crippen molar-refractivity contribution in [2.45, 2.75) is 26.3 Å². The van der Waals surface area contributed by atoms with Crippen molar-refractivity contribution in [2.24, 2.45) is 0 Å². The van der Waals surface area contributed by atoms with Crippen molar-refractivity contribution in [1.82, 2.24) is 19.6 Å². The summed E-state index contributed by atoms with van der Waals surface area (Å²) in [4.78, 5) is 12.5. The van der Waals surface area contributed by atoms with E-state index < -0.39 is 0 Å². The largest absolute Gasteiger partial charge is 0.307 e. The third-order valence-corrected chi connectivity index (χ3v) is 4.33. The molecule has 0 aliphatic carbocycles. The van der Waals surface area contributed by atoms with Crippen LogP contribution in [0.2, 0.25) is 0 Å². The number of anilines is 1. The van der Waals surface area contributed by atoms with Gasteiger partial charge in [-0.1, -0.05) is 28.9 Å². The summed E-state index contributed by atoms with van der Waals surface area (Å²) in [7, 11) is 0. The molecule has 6 nitrogen and oxygen atoms in total. The maximum atomic E-state index is 12.5. The van der Waals surface area contributed by atoms with E-state index in [0.717, 1.165) is 16.6 Å². The molecule has 0 radical (unpaired) electrons. The van der Waals surface area contributed by atoms with E-state index in [1.54, 1.807) is 29.3 Å². The molecule has 1 atom stereocenters. The van der Waals surface area contributed by atoms with Gasteiger partial charge in [-0.2, -0.15) is 10.2 Å². The molecule has 0 saturated heterocycles. The van der Waals surface area contributed by atoms with Crippen molar-refractivity contribution in [3.8, 4) is 5.69 Å². The Morgan fingerprint density at radius 1 is 1.33 bits per heavy atom. The lowest BCUT2D eigenvalue weighted by Crippen LogP contribution is -2.17. The molecule has 24 heavy (non-hydrogen) atoms. The van der Waals surface area contributed by atoms with Crippen LogP contribution >= 0.6 is 15.9 Å². The Kier molecular flexibility index (Phi) is 4.80. The van der Waals surface area contributed by atoms with Crippen molar-refractivity contribution in [1.29, 1.82) is 0 Å². The van der Waals surface area contributed by atoms with E-state index in [9.17, 15) is 4.79 Å². The molecule has 0 aliphatic rings.